The summed E-state index contributed by atoms with van der Waals surface area (Å²) in [6.45, 7) is 5.30. The topological polar surface area (TPSA) is 30.5 Å². The largest absolute Gasteiger partial charge is 0.490 e. The lowest BCUT2D eigenvalue weighted by atomic mass is 9.90. The molecule has 1 aliphatic carbocycles. The molecule has 2 rings (SSSR count). The third-order valence-corrected chi connectivity index (χ3v) is 3.89. The van der Waals surface area contributed by atoms with Crippen LogP contribution in [0.3, 0.4) is 0 Å². The average molecular weight is 289 g/mol. The highest BCUT2D eigenvalue weighted by molar-refractivity contribution is 5.45. The minimum Gasteiger partial charge on any atom is -0.490 e. The molecule has 3 heteroatoms. The van der Waals surface area contributed by atoms with E-state index in [1.807, 2.05) is 27.0 Å². The fourth-order valence-corrected chi connectivity index (χ4v) is 2.94. The normalized spacial score (nSPS) is 16.2. The van der Waals surface area contributed by atoms with Gasteiger partial charge in [0.25, 0.3) is 0 Å². The van der Waals surface area contributed by atoms with Crippen LogP contribution in [0.4, 0.5) is 0 Å². The van der Waals surface area contributed by atoms with Crippen LogP contribution in [-0.2, 0) is 0 Å². The molecule has 1 N–H and O–H groups in total. The number of nitrogens with one attached hydrogen (secondary N) is 1. The lowest BCUT2D eigenvalue weighted by Gasteiger charge is -2.24. The van der Waals surface area contributed by atoms with E-state index < -0.39 is 0 Å². The summed E-state index contributed by atoms with van der Waals surface area (Å²) in [5.74, 6) is 1.67. The molecule has 0 saturated carbocycles. The Morgan fingerprint density at radius 1 is 1.10 bits per heavy atom. The third-order valence-electron chi connectivity index (χ3n) is 3.89. The van der Waals surface area contributed by atoms with Crippen molar-refractivity contribution < 1.29 is 9.47 Å². The van der Waals surface area contributed by atoms with Crippen LogP contribution in [0.1, 0.15) is 51.1 Å². The predicted molar refractivity (Wildman–Crippen MR) is 87.1 cm³/mol. The van der Waals surface area contributed by atoms with Crippen molar-refractivity contribution in [3.8, 4) is 11.5 Å². The summed E-state index contributed by atoms with van der Waals surface area (Å²) in [6.07, 6.45) is 7.37. The Bertz CT molecular complexity index is 482. The molecule has 0 spiro atoms. The fraction of sp³-hybridized carbons (Fsp3) is 0.556. The minimum absolute atomic E-state index is 0.278. The summed E-state index contributed by atoms with van der Waals surface area (Å²) in [4.78, 5) is 0. The number of allylic oxidation sites excluding steroid dienone is 1. The monoisotopic (exact) mass is 289 g/mol. The van der Waals surface area contributed by atoms with E-state index >= 15 is 0 Å². The molecule has 116 valence electrons. The van der Waals surface area contributed by atoms with Crippen LogP contribution >= 0.6 is 0 Å². The SMILES string of the molecule is CCOc1ccc(C(NC)C2=CCCCC2)cc1OCC. The van der Waals surface area contributed by atoms with Gasteiger partial charge >= 0.3 is 0 Å². The molecular weight excluding hydrogens is 262 g/mol. The molecule has 1 unspecified atom stereocenters. The molecular formula is C18H27NO2. The molecule has 0 bridgehead atoms. The van der Waals surface area contributed by atoms with Gasteiger partial charge in [-0.15, -0.1) is 0 Å². The lowest BCUT2D eigenvalue weighted by Crippen LogP contribution is -2.20. The number of hydrogen-bond acceptors (Lipinski definition) is 3. The Kier molecular flexibility index (Phi) is 6.12. The van der Waals surface area contributed by atoms with Crippen molar-refractivity contribution in [2.45, 2.75) is 45.6 Å². The third kappa shape index (κ3) is 4.01. The number of ether oxygens (including phenoxy) is 2. The van der Waals surface area contributed by atoms with Gasteiger partial charge in [0, 0.05) is 0 Å². The van der Waals surface area contributed by atoms with Crippen molar-refractivity contribution in [3.05, 3.63) is 35.4 Å². The van der Waals surface area contributed by atoms with Crippen molar-refractivity contribution in [1.82, 2.24) is 5.32 Å². The van der Waals surface area contributed by atoms with Crippen LogP contribution in [0, 0.1) is 0 Å². The average Bonchev–Trinajstić information content (AvgIpc) is 2.52. The highest BCUT2D eigenvalue weighted by atomic mass is 16.5. The molecule has 1 aromatic rings. The van der Waals surface area contributed by atoms with Gasteiger partial charge in [-0.05, 0) is 64.3 Å². The van der Waals surface area contributed by atoms with E-state index in [2.05, 4.69) is 23.5 Å². The number of likely N-dealkylation sites (N-methyl/N-ethyl adjacent to an activating group) is 1. The Hall–Kier alpha value is -1.48. The molecule has 0 amide bonds. The first kappa shape index (κ1) is 15.9. The Labute approximate surface area is 128 Å². The van der Waals surface area contributed by atoms with Crippen molar-refractivity contribution >= 4 is 0 Å². The van der Waals surface area contributed by atoms with Gasteiger partial charge in [0.05, 0.1) is 19.3 Å². The maximum atomic E-state index is 5.74. The van der Waals surface area contributed by atoms with Gasteiger partial charge in [-0.1, -0.05) is 17.7 Å². The van der Waals surface area contributed by atoms with E-state index in [9.17, 15) is 0 Å². The summed E-state index contributed by atoms with van der Waals surface area (Å²) in [5, 5.41) is 3.44. The van der Waals surface area contributed by atoms with E-state index in [0.717, 1.165) is 11.5 Å². The zero-order chi connectivity index (χ0) is 15.1. The highest BCUT2D eigenvalue weighted by Crippen LogP contribution is 2.35. The first-order valence-corrected chi connectivity index (χ1v) is 8.05. The van der Waals surface area contributed by atoms with Crippen LogP contribution in [0.25, 0.3) is 0 Å². The second-order valence-corrected chi connectivity index (χ2v) is 5.32. The zero-order valence-electron chi connectivity index (χ0n) is 13.4. The smallest absolute Gasteiger partial charge is 0.161 e. The van der Waals surface area contributed by atoms with Gasteiger partial charge in [-0.25, -0.2) is 0 Å². The second kappa shape index (κ2) is 8.08. The molecule has 0 saturated heterocycles. The summed E-state index contributed by atoms with van der Waals surface area (Å²) in [7, 11) is 2.02. The van der Waals surface area contributed by atoms with Gasteiger partial charge in [0.2, 0.25) is 0 Å². The van der Waals surface area contributed by atoms with Crippen molar-refractivity contribution in [3.63, 3.8) is 0 Å². The Morgan fingerprint density at radius 2 is 1.86 bits per heavy atom. The number of rotatable bonds is 7. The summed E-state index contributed by atoms with van der Waals surface area (Å²) >= 11 is 0. The summed E-state index contributed by atoms with van der Waals surface area (Å²) in [6, 6.07) is 6.56. The summed E-state index contributed by atoms with van der Waals surface area (Å²) in [5.41, 5.74) is 2.74. The van der Waals surface area contributed by atoms with Crippen LogP contribution in [-0.4, -0.2) is 20.3 Å². The Balaban J connectivity index is 2.28. The zero-order valence-corrected chi connectivity index (χ0v) is 13.4. The molecule has 21 heavy (non-hydrogen) atoms. The van der Waals surface area contributed by atoms with Crippen LogP contribution < -0.4 is 14.8 Å². The maximum Gasteiger partial charge on any atom is 0.161 e. The molecule has 1 atom stereocenters. The molecule has 0 fully saturated rings. The van der Waals surface area contributed by atoms with E-state index in [4.69, 9.17) is 9.47 Å². The van der Waals surface area contributed by atoms with Gasteiger partial charge in [-0.2, -0.15) is 0 Å². The molecule has 3 nitrogen and oxygen atoms in total. The van der Waals surface area contributed by atoms with Gasteiger partial charge < -0.3 is 14.8 Å². The molecule has 0 radical (unpaired) electrons. The standard InChI is InChI=1S/C18H27NO2/c1-4-20-16-12-11-15(13-17(16)21-5-2)18(19-3)14-9-7-6-8-10-14/h9,11-13,18-19H,4-8,10H2,1-3H3. The fourth-order valence-electron chi connectivity index (χ4n) is 2.94. The van der Waals surface area contributed by atoms with E-state index in [0.29, 0.717) is 13.2 Å². The van der Waals surface area contributed by atoms with Crippen LogP contribution in [0.2, 0.25) is 0 Å². The second-order valence-electron chi connectivity index (χ2n) is 5.32. The van der Waals surface area contributed by atoms with Gasteiger partial charge in [0.1, 0.15) is 0 Å². The first-order chi connectivity index (χ1) is 10.3. The molecule has 1 aromatic carbocycles. The quantitative estimate of drug-likeness (QED) is 0.761. The number of benzene rings is 1. The maximum absolute atomic E-state index is 5.74. The highest BCUT2D eigenvalue weighted by Gasteiger charge is 2.18. The van der Waals surface area contributed by atoms with E-state index in [1.165, 1.54) is 36.8 Å². The minimum atomic E-state index is 0.278. The van der Waals surface area contributed by atoms with Crippen molar-refractivity contribution in [2.75, 3.05) is 20.3 Å². The Morgan fingerprint density at radius 3 is 2.48 bits per heavy atom. The first-order valence-electron chi connectivity index (χ1n) is 8.05. The summed E-state index contributed by atoms with van der Waals surface area (Å²) < 4.78 is 11.4. The molecule has 0 aromatic heterocycles. The van der Waals surface area contributed by atoms with E-state index in [1.54, 1.807) is 0 Å². The molecule has 1 aliphatic rings. The predicted octanol–water partition coefficient (Wildman–Crippen LogP) is 4.24. The van der Waals surface area contributed by atoms with Crippen LogP contribution in [0.5, 0.6) is 11.5 Å². The van der Waals surface area contributed by atoms with Gasteiger partial charge in [0.15, 0.2) is 11.5 Å². The number of hydrogen-bond donors (Lipinski definition) is 1. The van der Waals surface area contributed by atoms with E-state index in [-0.39, 0.29) is 6.04 Å². The lowest BCUT2D eigenvalue weighted by molar-refractivity contribution is 0.287. The molecule has 0 heterocycles. The van der Waals surface area contributed by atoms with Crippen molar-refractivity contribution in [1.29, 1.82) is 0 Å². The van der Waals surface area contributed by atoms with Gasteiger partial charge in [-0.3, -0.25) is 0 Å². The molecule has 0 aliphatic heterocycles. The van der Waals surface area contributed by atoms with Crippen molar-refractivity contribution in [2.24, 2.45) is 0 Å². The van der Waals surface area contributed by atoms with Crippen LogP contribution in [0.15, 0.2) is 29.8 Å².